The highest BCUT2D eigenvalue weighted by molar-refractivity contribution is 7.98. The van der Waals surface area contributed by atoms with Gasteiger partial charge in [-0.05, 0) is 30.8 Å². The van der Waals surface area contributed by atoms with Crippen LogP contribution in [0.2, 0.25) is 0 Å². The number of nitrogens with two attached hydrogens (primary N) is 1. The summed E-state index contributed by atoms with van der Waals surface area (Å²) in [6.45, 7) is 8.30. The first-order valence-corrected chi connectivity index (χ1v) is 8.03. The standard InChI is InChI=1S/C16H24N2S/c1-3-18(4-2)11-12-19-14-16-8-5-7-15(13-16)9-6-10-17/h5,7-8,13H,3-4,10-12,14,17H2,1-2H3. The zero-order chi connectivity index (χ0) is 13.9. The van der Waals surface area contributed by atoms with Gasteiger partial charge in [-0.3, -0.25) is 0 Å². The normalized spacial score (nSPS) is 10.3. The van der Waals surface area contributed by atoms with Crippen molar-refractivity contribution in [2.24, 2.45) is 5.73 Å². The molecule has 0 aromatic heterocycles. The molecular formula is C16H24N2S. The quantitative estimate of drug-likeness (QED) is 0.613. The Labute approximate surface area is 121 Å². The van der Waals surface area contributed by atoms with E-state index in [4.69, 9.17) is 5.73 Å². The Balaban J connectivity index is 2.37. The molecule has 1 aromatic rings. The average molecular weight is 276 g/mol. The summed E-state index contributed by atoms with van der Waals surface area (Å²) in [5.41, 5.74) is 7.79. The summed E-state index contributed by atoms with van der Waals surface area (Å²) in [5.74, 6) is 8.21. The van der Waals surface area contributed by atoms with Crippen LogP contribution in [-0.2, 0) is 5.75 Å². The van der Waals surface area contributed by atoms with Crippen molar-refractivity contribution in [2.75, 3.05) is 31.9 Å². The lowest BCUT2D eigenvalue weighted by Crippen LogP contribution is -2.25. The average Bonchev–Trinajstić information content (AvgIpc) is 2.46. The maximum absolute atomic E-state index is 5.38. The van der Waals surface area contributed by atoms with Crippen molar-refractivity contribution >= 4 is 11.8 Å². The summed E-state index contributed by atoms with van der Waals surface area (Å²) in [7, 11) is 0. The van der Waals surface area contributed by atoms with Crippen molar-refractivity contribution in [1.82, 2.24) is 4.90 Å². The van der Waals surface area contributed by atoms with Crippen molar-refractivity contribution in [2.45, 2.75) is 19.6 Å². The molecule has 0 saturated heterocycles. The van der Waals surface area contributed by atoms with Crippen LogP contribution < -0.4 is 5.73 Å². The molecule has 0 saturated carbocycles. The van der Waals surface area contributed by atoms with E-state index in [1.165, 1.54) is 17.9 Å². The number of rotatable bonds is 7. The molecule has 19 heavy (non-hydrogen) atoms. The van der Waals surface area contributed by atoms with Crippen LogP contribution in [0.4, 0.5) is 0 Å². The van der Waals surface area contributed by atoms with E-state index < -0.39 is 0 Å². The molecule has 0 heterocycles. The van der Waals surface area contributed by atoms with Gasteiger partial charge >= 0.3 is 0 Å². The molecule has 0 amide bonds. The van der Waals surface area contributed by atoms with Gasteiger partial charge in [0.15, 0.2) is 0 Å². The van der Waals surface area contributed by atoms with E-state index in [0.717, 1.165) is 24.4 Å². The van der Waals surface area contributed by atoms with Crippen LogP contribution in [0.1, 0.15) is 25.0 Å². The minimum absolute atomic E-state index is 0.419. The molecule has 1 aromatic carbocycles. The van der Waals surface area contributed by atoms with Gasteiger partial charge in [-0.15, -0.1) is 0 Å². The number of benzene rings is 1. The highest BCUT2D eigenvalue weighted by Gasteiger charge is 1.99. The second-order valence-electron chi connectivity index (χ2n) is 4.29. The second-order valence-corrected chi connectivity index (χ2v) is 5.39. The first-order valence-electron chi connectivity index (χ1n) is 6.88. The van der Waals surface area contributed by atoms with Crippen LogP contribution in [0, 0.1) is 11.8 Å². The van der Waals surface area contributed by atoms with Crippen LogP contribution in [0.15, 0.2) is 24.3 Å². The van der Waals surface area contributed by atoms with Crippen LogP contribution >= 0.6 is 11.8 Å². The lowest BCUT2D eigenvalue weighted by molar-refractivity contribution is 0.324. The zero-order valence-electron chi connectivity index (χ0n) is 12.0. The fraction of sp³-hybridized carbons (Fsp3) is 0.500. The zero-order valence-corrected chi connectivity index (χ0v) is 12.8. The lowest BCUT2D eigenvalue weighted by atomic mass is 10.1. The van der Waals surface area contributed by atoms with Gasteiger partial charge in [0.2, 0.25) is 0 Å². The first-order chi connectivity index (χ1) is 9.30. The SMILES string of the molecule is CCN(CC)CCSCc1cccc(C#CCN)c1. The van der Waals surface area contributed by atoms with Gasteiger partial charge in [0.1, 0.15) is 0 Å². The summed E-state index contributed by atoms with van der Waals surface area (Å²) in [6, 6.07) is 8.43. The molecule has 104 valence electrons. The van der Waals surface area contributed by atoms with Crippen molar-refractivity contribution in [1.29, 1.82) is 0 Å². The predicted octanol–water partition coefficient (Wildman–Crippen LogP) is 2.57. The number of hydrogen-bond donors (Lipinski definition) is 1. The van der Waals surface area contributed by atoms with Gasteiger partial charge in [-0.25, -0.2) is 0 Å². The molecule has 0 spiro atoms. The topological polar surface area (TPSA) is 29.3 Å². The van der Waals surface area contributed by atoms with E-state index in [1.807, 2.05) is 17.8 Å². The minimum atomic E-state index is 0.419. The summed E-state index contributed by atoms with van der Waals surface area (Å²) >= 11 is 1.98. The summed E-state index contributed by atoms with van der Waals surface area (Å²) in [4.78, 5) is 2.45. The first kappa shape index (κ1) is 16.1. The fourth-order valence-electron chi connectivity index (χ4n) is 1.82. The molecule has 0 aliphatic carbocycles. The van der Waals surface area contributed by atoms with E-state index in [0.29, 0.717) is 6.54 Å². The van der Waals surface area contributed by atoms with E-state index in [-0.39, 0.29) is 0 Å². The Bertz CT molecular complexity index is 416. The summed E-state index contributed by atoms with van der Waals surface area (Å²) in [5, 5.41) is 0. The van der Waals surface area contributed by atoms with Crippen molar-refractivity contribution < 1.29 is 0 Å². The van der Waals surface area contributed by atoms with Crippen molar-refractivity contribution in [3.05, 3.63) is 35.4 Å². The molecule has 1 rings (SSSR count). The maximum atomic E-state index is 5.38. The Morgan fingerprint density at radius 1 is 1.26 bits per heavy atom. The summed E-state index contributed by atoms with van der Waals surface area (Å²) < 4.78 is 0. The highest BCUT2D eigenvalue weighted by Crippen LogP contribution is 2.13. The molecule has 2 nitrogen and oxygen atoms in total. The molecule has 0 bridgehead atoms. The second kappa shape index (κ2) is 9.91. The Hall–Kier alpha value is -0.950. The van der Waals surface area contributed by atoms with E-state index in [1.54, 1.807) is 0 Å². The Morgan fingerprint density at radius 3 is 2.74 bits per heavy atom. The molecule has 0 radical (unpaired) electrons. The molecule has 0 aliphatic heterocycles. The molecule has 0 fully saturated rings. The molecular weight excluding hydrogens is 252 g/mol. The Morgan fingerprint density at radius 2 is 2.05 bits per heavy atom. The van der Waals surface area contributed by atoms with Gasteiger partial charge < -0.3 is 10.6 Å². The van der Waals surface area contributed by atoms with Gasteiger partial charge in [-0.1, -0.05) is 37.8 Å². The van der Waals surface area contributed by atoms with Gasteiger partial charge in [0, 0.05) is 23.6 Å². The van der Waals surface area contributed by atoms with Gasteiger partial charge in [-0.2, -0.15) is 11.8 Å². The van der Waals surface area contributed by atoms with E-state index in [2.05, 4.69) is 48.8 Å². The molecule has 2 N–H and O–H groups in total. The third-order valence-electron chi connectivity index (χ3n) is 2.98. The van der Waals surface area contributed by atoms with E-state index in [9.17, 15) is 0 Å². The molecule has 0 aliphatic rings. The molecule has 0 atom stereocenters. The number of nitrogens with zero attached hydrogens (tertiary/aromatic N) is 1. The van der Waals surface area contributed by atoms with Crippen LogP contribution in [0.3, 0.4) is 0 Å². The smallest absolute Gasteiger partial charge is 0.0555 e. The predicted molar refractivity (Wildman–Crippen MR) is 86.3 cm³/mol. The van der Waals surface area contributed by atoms with Gasteiger partial charge in [0.05, 0.1) is 6.54 Å². The number of thioether (sulfide) groups is 1. The maximum Gasteiger partial charge on any atom is 0.0555 e. The molecule has 0 unspecified atom stereocenters. The fourth-order valence-corrected chi connectivity index (χ4v) is 2.76. The van der Waals surface area contributed by atoms with E-state index >= 15 is 0 Å². The van der Waals surface area contributed by atoms with Crippen molar-refractivity contribution in [3.8, 4) is 11.8 Å². The van der Waals surface area contributed by atoms with Crippen molar-refractivity contribution in [3.63, 3.8) is 0 Å². The largest absolute Gasteiger partial charge is 0.320 e. The van der Waals surface area contributed by atoms with Gasteiger partial charge in [0.25, 0.3) is 0 Å². The highest BCUT2D eigenvalue weighted by atomic mass is 32.2. The van der Waals surface area contributed by atoms with Crippen LogP contribution in [0.25, 0.3) is 0 Å². The molecule has 3 heteroatoms. The summed E-state index contributed by atoms with van der Waals surface area (Å²) in [6.07, 6.45) is 0. The third-order valence-corrected chi connectivity index (χ3v) is 3.99. The third kappa shape index (κ3) is 6.68. The van der Waals surface area contributed by atoms with Crippen LogP contribution in [-0.4, -0.2) is 36.8 Å². The minimum Gasteiger partial charge on any atom is -0.320 e. The lowest BCUT2D eigenvalue weighted by Gasteiger charge is -2.17. The Kier molecular flexibility index (Phi) is 8.40. The monoisotopic (exact) mass is 276 g/mol. The number of hydrogen-bond acceptors (Lipinski definition) is 3. The van der Waals surface area contributed by atoms with Crippen LogP contribution in [0.5, 0.6) is 0 Å².